The van der Waals surface area contributed by atoms with Gasteiger partial charge in [0.2, 0.25) is 5.88 Å². The van der Waals surface area contributed by atoms with Crippen molar-refractivity contribution >= 4 is 55.4 Å². The lowest BCUT2D eigenvalue weighted by Gasteiger charge is -2.58. The second kappa shape index (κ2) is 21.1. The van der Waals surface area contributed by atoms with Gasteiger partial charge in [-0.05, 0) is 155 Å². The smallest absolute Gasteiger partial charge is 0.293 e. The molecule has 1 amide bonds. The number of sulfonamides is 1. The van der Waals surface area contributed by atoms with E-state index in [1.165, 1.54) is 36.1 Å². The van der Waals surface area contributed by atoms with E-state index in [2.05, 4.69) is 65.8 Å². The van der Waals surface area contributed by atoms with Gasteiger partial charge in [-0.2, -0.15) is 4.98 Å². The Hall–Kier alpha value is -5.83. The molecule has 2 saturated carbocycles. The molecule has 5 aromatic rings. The summed E-state index contributed by atoms with van der Waals surface area (Å²) >= 11 is 0. The van der Waals surface area contributed by atoms with Gasteiger partial charge >= 0.3 is 0 Å². The molecule has 2 aliphatic carbocycles. The molecule has 7 heterocycles. The van der Waals surface area contributed by atoms with Crippen LogP contribution in [0.1, 0.15) is 105 Å². The van der Waals surface area contributed by atoms with Crippen LogP contribution in [-0.4, -0.2) is 140 Å². The maximum atomic E-state index is 14.8. The Kier molecular flexibility index (Phi) is 14.2. The van der Waals surface area contributed by atoms with E-state index < -0.39 is 43.1 Å². The third-order valence-corrected chi connectivity index (χ3v) is 19.8. The molecular weight excluding hydrogens is 999 g/mol. The van der Waals surface area contributed by atoms with E-state index in [0.717, 1.165) is 108 Å². The molecule has 7 aliphatic rings. The number of nitro benzene ring substituents is 1. The average Bonchev–Trinajstić information content (AvgIpc) is 3.99. The zero-order valence-electron chi connectivity index (χ0n) is 44.3. The van der Waals surface area contributed by atoms with Gasteiger partial charge in [0.05, 0.1) is 39.3 Å². The lowest BCUT2D eigenvalue weighted by atomic mass is 9.59. The van der Waals surface area contributed by atoms with E-state index in [-0.39, 0.29) is 28.6 Å². The summed E-state index contributed by atoms with van der Waals surface area (Å²) in [4.78, 5) is 44.3. The largest absolute Gasteiger partial charge is 0.468 e. The fraction of sp³-hybridized carbons (Fsp3) is 0.552. The third-order valence-electron chi connectivity index (χ3n) is 18.5. The maximum Gasteiger partial charge on any atom is 0.293 e. The van der Waals surface area contributed by atoms with Crippen molar-refractivity contribution in [3.8, 4) is 5.88 Å². The number of nitro groups is 1. The number of H-pyrrole nitrogens is 1. The number of piperazine rings is 1. The summed E-state index contributed by atoms with van der Waals surface area (Å²) in [5, 5.41) is 26.8. The molecule has 6 fully saturated rings. The number of benzene rings is 3. The van der Waals surface area contributed by atoms with Crippen LogP contribution in [0.5, 0.6) is 5.88 Å². The van der Waals surface area contributed by atoms with E-state index in [9.17, 15) is 28.4 Å². The number of aromatic amines is 1. The van der Waals surface area contributed by atoms with E-state index in [4.69, 9.17) is 19.2 Å². The van der Waals surface area contributed by atoms with Crippen molar-refractivity contribution in [2.45, 2.75) is 119 Å². The van der Waals surface area contributed by atoms with Crippen LogP contribution >= 0.6 is 0 Å². The molecule has 4 saturated heterocycles. The van der Waals surface area contributed by atoms with Crippen molar-refractivity contribution in [3.05, 3.63) is 106 Å². The second-order valence-electron chi connectivity index (χ2n) is 23.6. The normalized spacial score (nSPS) is 26.4. The summed E-state index contributed by atoms with van der Waals surface area (Å²) in [6, 6.07) is 22.8. The highest BCUT2D eigenvalue weighted by Gasteiger charge is 2.50. The second-order valence-corrected chi connectivity index (χ2v) is 25.2. The van der Waals surface area contributed by atoms with E-state index in [0.29, 0.717) is 79.9 Å². The van der Waals surface area contributed by atoms with Gasteiger partial charge in [-0.3, -0.25) is 24.7 Å². The molecule has 77 heavy (non-hydrogen) atoms. The first-order valence-electron chi connectivity index (χ1n) is 28.0. The Balaban J connectivity index is 0.796. The molecule has 1 spiro atoms. The highest BCUT2D eigenvalue weighted by molar-refractivity contribution is 7.90. The summed E-state index contributed by atoms with van der Waals surface area (Å²) in [7, 11) is -4.62. The van der Waals surface area contributed by atoms with Crippen LogP contribution in [0, 0.1) is 34.3 Å². The molecule has 19 heteroatoms. The summed E-state index contributed by atoms with van der Waals surface area (Å²) in [6.07, 6.45) is 11.5. The monoisotopic (exact) mass is 1070 g/mol. The average molecular weight is 1070 g/mol. The molecule has 2 aromatic heterocycles. The fourth-order valence-corrected chi connectivity index (χ4v) is 14.8. The minimum absolute atomic E-state index is 0.121. The number of carbonyl (C=O) groups excluding carboxylic acids is 1. The van der Waals surface area contributed by atoms with Crippen molar-refractivity contribution < 1.29 is 37.5 Å². The zero-order valence-corrected chi connectivity index (χ0v) is 45.1. The van der Waals surface area contributed by atoms with Crippen molar-refractivity contribution in [1.82, 2.24) is 24.5 Å². The number of aliphatic hydroxyl groups is 1. The fourth-order valence-electron chi connectivity index (χ4n) is 13.8. The molecule has 5 aliphatic heterocycles. The Bertz CT molecular complexity index is 3100. The van der Waals surface area contributed by atoms with Gasteiger partial charge in [0.1, 0.15) is 23.1 Å². The van der Waals surface area contributed by atoms with E-state index in [1.807, 2.05) is 37.4 Å². The van der Waals surface area contributed by atoms with Gasteiger partial charge in [0.25, 0.3) is 21.6 Å². The first kappa shape index (κ1) is 51.9. The Morgan fingerprint density at radius 1 is 0.896 bits per heavy atom. The lowest BCUT2D eigenvalue weighted by Crippen LogP contribution is -2.60. The van der Waals surface area contributed by atoms with Crippen molar-refractivity contribution in [2.75, 3.05) is 87.4 Å². The molecule has 4 N–H and O–H groups in total. The van der Waals surface area contributed by atoms with Crippen molar-refractivity contribution in [2.24, 2.45) is 17.3 Å². The Labute approximate surface area is 451 Å². The molecule has 0 bridgehead atoms. The van der Waals surface area contributed by atoms with Gasteiger partial charge in [-0.25, -0.2) is 13.1 Å². The number of fused-ring (bicyclic) bond motifs is 3. The summed E-state index contributed by atoms with van der Waals surface area (Å²) in [5.41, 5.74) is 4.95. The van der Waals surface area contributed by atoms with E-state index in [1.54, 1.807) is 6.07 Å². The molecule has 0 radical (unpaired) electrons. The number of hydrogen-bond acceptors (Lipinski definition) is 15. The zero-order chi connectivity index (χ0) is 53.1. The van der Waals surface area contributed by atoms with Crippen LogP contribution in [0.2, 0.25) is 0 Å². The molecular formula is C58H73N9O9S. The number of hydrogen-bond donors (Lipinski definition) is 4. The molecule has 3 atom stereocenters. The SMILES string of the molecule is Cc1ccccc1[C@@H]1CN(CC2CCOCC2)CCN1C1CC2(CCN(c3ccc(C(=O)NS(=O)(=O)c4ccc(NCC5CCC(C)(O)CC5)c([N+](=O)[O-])c4)c(N4c5cc6cc[nH]c6nc5O[C@H]5COCC[C@@H]54)c3)CC2)C1. The summed E-state index contributed by atoms with van der Waals surface area (Å²) in [6.45, 7) is 13.1. The molecule has 12 rings (SSSR count). The lowest BCUT2D eigenvalue weighted by molar-refractivity contribution is -0.384. The molecule has 3 aromatic carbocycles. The third kappa shape index (κ3) is 10.6. The predicted molar refractivity (Wildman–Crippen MR) is 295 cm³/mol. The molecule has 410 valence electrons. The number of ether oxygens (including phenoxy) is 3. The van der Waals surface area contributed by atoms with Crippen molar-refractivity contribution in [3.63, 3.8) is 0 Å². The van der Waals surface area contributed by atoms with Gasteiger partial charge in [-0.1, -0.05) is 24.3 Å². The first-order chi connectivity index (χ1) is 37.2. The Morgan fingerprint density at radius 3 is 2.45 bits per heavy atom. The quantitative estimate of drug-likeness (QED) is 0.0644. The van der Waals surface area contributed by atoms with E-state index >= 15 is 0 Å². The number of carbonyl (C=O) groups is 1. The van der Waals surface area contributed by atoms with Crippen LogP contribution < -0.4 is 24.6 Å². The van der Waals surface area contributed by atoms with Crippen LogP contribution in [0.4, 0.5) is 28.4 Å². The van der Waals surface area contributed by atoms with Gasteiger partial charge in [-0.15, -0.1) is 0 Å². The standard InChI is InChI=1S/C58H73N9O9S/c1-38-5-3-4-6-45(38)52-36-63(35-40-14-26-74-27-15-40)24-25-65(52)43-32-58(33-43)19-22-64(23-20-58)42-7-9-46(49(30-42)66-48-16-28-75-37-53(48)76-56-51(66)29-41-13-21-59-54(41)61-56)55(68)62-77(72,73)44-8-10-47(50(31-44)67(70)71)60-34-39-11-17-57(2,69)18-12-39/h3-10,13,21,29-31,39-40,43,48,52-53,60,69H,11-12,14-20,22-28,32-37H2,1-2H3,(H,59,61)(H,62,68)/t39?,48-,52-,53-,57?/m0/s1. The number of anilines is 4. The van der Waals surface area contributed by atoms with Crippen LogP contribution in [-0.2, 0) is 19.5 Å². The number of pyridine rings is 1. The van der Waals surface area contributed by atoms with Crippen LogP contribution in [0.25, 0.3) is 11.0 Å². The maximum absolute atomic E-state index is 14.8. The minimum Gasteiger partial charge on any atom is -0.468 e. The number of nitrogens with zero attached hydrogens (tertiary/aromatic N) is 6. The topological polar surface area (TPSA) is 208 Å². The molecule has 18 nitrogen and oxygen atoms in total. The summed E-state index contributed by atoms with van der Waals surface area (Å²) < 4.78 is 49.0. The predicted octanol–water partition coefficient (Wildman–Crippen LogP) is 8.47. The van der Waals surface area contributed by atoms with Crippen LogP contribution in [0.15, 0.2) is 83.9 Å². The van der Waals surface area contributed by atoms with Gasteiger partial charge in [0.15, 0.2) is 0 Å². The number of rotatable bonds is 13. The molecule has 0 unspecified atom stereocenters. The van der Waals surface area contributed by atoms with Gasteiger partial charge < -0.3 is 39.4 Å². The number of aryl methyl sites for hydroxylation is 1. The Morgan fingerprint density at radius 2 is 1.68 bits per heavy atom. The number of aromatic nitrogens is 2. The minimum atomic E-state index is -4.62. The van der Waals surface area contributed by atoms with Crippen molar-refractivity contribution in [1.29, 1.82) is 0 Å². The highest BCUT2D eigenvalue weighted by atomic mass is 32.2. The number of piperidine rings is 1. The summed E-state index contributed by atoms with van der Waals surface area (Å²) in [5.74, 6) is 0.397. The number of amides is 1. The first-order valence-corrected chi connectivity index (χ1v) is 29.5. The highest BCUT2D eigenvalue weighted by Crippen LogP contribution is 2.54. The van der Waals surface area contributed by atoms with Gasteiger partial charge in [0, 0.05) is 101 Å². The van der Waals surface area contributed by atoms with Crippen LogP contribution in [0.3, 0.4) is 0 Å². The number of nitrogens with one attached hydrogen (secondary N) is 3.